The molecule has 0 saturated carbocycles. The second-order valence-electron chi connectivity index (χ2n) is 10.9. The van der Waals surface area contributed by atoms with Crippen molar-refractivity contribution in [3.8, 4) is 0 Å². The Bertz CT molecular complexity index is 989. The molecule has 3 atom stereocenters. The van der Waals surface area contributed by atoms with E-state index in [1.807, 2.05) is 0 Å². The standard InChI is InChI=1S/C30H42N2/c1-10-22(8)30-23(9)27-16-12-15-26(21(6)7)29(27)32(30)18-17-31(30)28-24(19(2)3)13-11-14-25(28)20(4)5/h11-23H,10H2,1-9H3. The van der Waals surface area contributed by atoms with Crippen LogP contribution in [0.4, 0.5) is 11.4 Å². The van der Waals surface area contributed by atoms with Gasteiger partial charge in [0.15, 0.2) is 0 Å². The van der Waals surface area contributed by atoms with Gasteiger partial charge in [-0.05, 0) is 52.3 Å². The largest absolute Gasteiger partial charge is 0.321 e. The van der Waals surface area contributed by atoms with E-state index in [4.69, 9.17) is 0 Å². The van der Waals surface area contributed by atoms with Crippen LogP contribution in [0, 0.1) is 5.92 Å². The first-order valence-electron chi connectivity index (χ1n) is 12.7. The zero-order valence-corrected chi connectivity index (χ0v) is 21.6. The van der Waals surface area contributed by atoms with Crippen LogP contribution < -0.4 is 9.80 Å². The highest BCUT2D eigenvalue weighted by molar-refractivity contribution is 5.79. The van der Waals surface area contributed by atoms with Crippen LogP contribution in [0.2, 0.25) is 0 Å². The number of anilines is 2. The fourth-order valence-electron chi connectivity index (χ4n) is 6.31. The van der Waals surface area contributed by atoms with Crippen molar-refractivity contribution < 1.29 is 0 Å². The van der Waals surface area contributed by atoms with E-state index in [0.29, 0.717) is 29.6 Å². The van der Waals surface area contributed by atoms with E-state index in [0.717, 1.165) is 6.42 Å². The van der Waals surface area contributed by atoms with E-state index < -0.39 is 0 Å². The molecule has 2 aromatic rings. The van der Waals surface area contributed by atoms with Crippen molar-refractivity contribution in [1.82, 2.24) is 0 Å². The molecule has 2 aromatic carbocycles. The molecule has 32 heavy (non-hydrogen) atoms. The summed E-state index contributed by atoms with van der Waals surface area (Å²) in [5.41, 5.74) is 8.64. The Labute approximate surface area is 196 Å². The Kier molecular flexibility index (Phi) is 5.94. The van der Waals surface area contributed by atoms with E-state index in [1.54, 1.807) is 0 Å². The van der Waals surface area contributed by atoms with Crippen LogP contribution in [-0.2, 0) is 0 Å². The Morgan fingerprint density at radius 2 is 1.16 bits per heavy atom. The maximum atomic E-state index is 2.68. The summed E-state index contributed by atoms with van der Waals surface area (Å²) in [6.45, 7) is 21.3. The third kappa shape index (κ3) is 3.05. The summed E-state index contributed by atoms with van der Waals surface area (Å²) in [7, 11) is 0. The summed E-state index contributed by atoms with van der Waals surface area (Å²) >= 11 is 0. The molecule has 2 aliphatic rings. The van der Waals surface area contributed by atoms with E-state index in [9.17, 15) is 0 Å². The monoisotopic (exact) mass is 430 g/mol. The first kappa shape index (κ1) is 23.0. The zero-order chi connectivity index (χ0) is 23.4. The lowest BCUT2D eigenvalue weighted by Gasteiger charge is -2.50. The average molecular weight is 431 g/mol. The van der Waals surface area contributed by atoms with Crippen molar-refractivity contribution >= 4 is 11.4 Å². The van der Waals surface area contributed by atoms with E-state index in [-0.39, 0.29) is 5.66 Å². The first-order chi connectivity index (χ1) is 15.2. The highest BCUT2D eigenvalue weighted by Gasteiger charge is 2.58. The molecule has 0 aliphatic carbocycles. The molecule has 4 rings (SSSR count). The number of para-hydroxylation sites is 2. The Hall–Kier alpha value is -2.22. The third-order valence-electron chi connectivity index (χ3n) is 8.12. The number of hydrogen-bond acceptors (Lipinski definition) is 2. The van der Waals surface area contributed by atoms with Crippen LogP contribution in [0.15, 0.2) is 48.8 Å². The quantitative estimate of drug-likeness (QED) is 0.452. The molecule has 0 aromatic heterocycles. The van der Waals surface area contributed by atoms with Gasteiger partial charge in [-0.3, -0.25) is 0 Å². The number of benzene rings is 2. The average Bonchev–Trinajstić information content (AvgIpc) is 3.27. The van der Waals surface area contributed by atoms with Crippen molar-refractivity contribution in [2.75, 3.05) is 9.80 Å². The van der Waals surface area contributed by atoms with Crippen molar-refractivity contribution in [1.29, 1.82) is 0 Å². The predicted molar refractivity (Wildman–Crippen MR) is 140 cm³/mol. The summed E-state index contributed by atoms with van der Waals surface area (Å²) in [6.07, 6.45) is 5.91. The molecule has 2 heteroatoms. The molecule has 2 aliphatic heterocycles. The maximum absolute atomic E-state index is 2.68. The highest BCUT2D eigenvalue weighted by Crippen LogP contribution is 2.59. The minimum atomic E-state index is -0.114. The Morgan fingerprint density at radius 1 is 0.719 bits per heavy atom. The lowest BCUT2D eigenvalue weighted by Crippen LogP contribution is -2.59. The second kappa shape index (κ2) is 8.28. The molecule has 0 N–H and O–H groups in total. The van der Waals surface area contributed by atoms with Crippen LogP contribution in [0.5, 0.6) is 0 Å². The van der Waals surface area contributed by atoms with Gasteiger partial charge in [0, 0.05) is 29.7 Å². The molecule has 2 heterocycles. The normalized spacial score (nSPS) is 22.9. The van der Waals surface area contributed by atoms with Crippen LogP contribution in [-0.4, -0.2) is 5.66 Å². The molecule has 3 unspecified atom stereocenters. The van der Waals surface area contributed by atoms with Crippen molar-refractivity contribution in [3.05, 3.63) is 71.1 Å². The van der Waals surface area contributed by atoms with Gasteiger partial charge in [-0.25, -0.2) is 0 Å². The van der Waals surface area contributed by atoms with Gasteiger partial charge in [-0.1, -0.05) is 98.7 Å². The molecule has 0 saturated heterocycles. The lowest BCUT2D eigenvalue weighted by atomic mass is 9.78. The van der Waals surface area contributed by atoms with Crippen LogP contribution >= 0.6 is 0 Å². The number of fused-ring (bicyclic) bond motifs is 3. The molecule has 0 bridgehead atoms. The zero-order valence-electron chi connectivity index (χ0n) is 21.6. The fraction of sp³-hybridized carbons (Fsp3) is 0.533. The summed E-state index contributed by atoms with van der Waals surface area (Å²) in [6, 6.07) is 13.9. The second-order valence-corrected chi connectivity index (χ2v) is 10.9. The SMILES string of the molecule is CCC(C)C12C(C)c3cccc(C(C)C)c3N1C=CN2c1c(C(C)C)cccc1C(C)C. The molecule has 0 radical (unpaired) electrons. The number of rotatable bonds is 6. The van der Waals surface area contributed by atoms with Gasteiger partial charge in [-0.15, -0.1) is 0 Å². The van der Waals surface area contributed by atoms with Gasteiger partial charge in [0.1, 0.15) is 5.66 Å². The summed E-state index contributed by atoms with van der Waals surface area (Å²) in [5.74, 6) is 2.36. The van der Waals surface area contributed by atoms with Crippen molar-refractivity contribution in [3.63, 3.8) is 0 Å². The summed E-state index contributed by atoms with van der Waals surface area (Å²) in [5, 5.41) is 0. The number of hydrogen-bond donors (Lipinski definition) is 0. The van der Waals surface area contributed by atoms with Crippen molar-refractivity contribution in [2.45, 2.75) is 98.1 Å². The Balaban J connectivity index is 2.02. The van der Waals surface area contributed by atoms with E-state index >= 15 is 0 Å². The predicted octanol–water partition coefficient (Wildman–Crippen LogP) is 8.71. The van der Waals surface area contributed by atoms with Crippen LogP contribution in [0.1, 0.15) is 115 Å². The van der Waals surface area contributed by atoms with Gasteiger partial charge < -0.3 is 9.80 Å². The summed E-state index contributed by atoms with van der Waals surface area (Å²) < 4.78 is 0. The third-order valence-corrected chi connectivity index (χ3v) is 8.12. The number of nitrogens with zero attached hydrogens (tertiary/aromatic N) is 2. The minimum absolute atomic E-state index is 0.114. The Morgan fingerprint density at radius 3 is 1.62 bits per heavy atom. The smallest absolute Gasteiger partial charge is 0.130 e. The maximum Gasteiger partial charge on any atom is 0.130 e. The summed E-state index contributed by atoms with van der Waals surface area (Å²) in [4.78, 5) is 5.33. The van der Waals surface area contributed by atoms with E-state index in [1.165, 1.54) is 33.6 Å². The molecule has 0 amide bonds. The molecule has 0 spiro atoms. The topological polar surface area (TPSA) is 6.48 Å². The van der Waals surface area contributed by atoms with Gasteiger partial charge in [0.2, 0.25) is 0 Å². The molecular formula is C30H42N2. The molecular weight excluding hydrogens is 388 g/mol. The van der Waals surface area contributed by atoms with Crippen LogP contribution in [0.3, 0.4) is 0 Å². The molecule has 0 fully saturated rings. The minimum Gasteiger partial charge on any atom is -0.321 e. The first-order valence-corrected chi connectivity index (χ1v) is 12.7. The van der Waals surface area contributed by atoms with Gasteiger partial charge in [0.05, 0.1) is 0 Å². The van der Waals surface area contributed by atoms with Crippen LogP contribution in [0.25, 0.3) is 0 Å². The lowest BCUT2D eigenvalue weighted by molar-refractivity contribution is 0.265. The van der Waals surface area contributed by atoms with Crippen molar-refractivity contribution in [2.24, 2.45) is 5.92 Å². The molecule has 172 valence electrons. The fourth-order valence-corrected chi connectivity index (χ4v) is 6.31. The van der Waals surface area contributed by atoms with E-state index in [2.05, 4.69) is 121 Å². The van der Waals surface area contributed by atoms with Gasteiger partial charge >= 0.3 is 0 Å². The van der Waals surface area contributed by atoms with Gasteiger partial charge in [-0.2, -0.15) is 0 Å². The highest BCUT2D eigenvalue weighted by atomic mass is 15.5. The molecule has 2 nitrogen and oxygen atoms in total. The van der Waals surface area contributed by atoms with Gasteiger partial charge in [0.25, 0.3) is 0 Å².